The summed E-state index contributed by atoms with van der Waals surface area (Å²) in [7, 11) is 5.77. The summed E-state index contributed by atoms with van der Waals surface area (Å²) in [6.45, 7) is 1.44. The monoisotopic (exact) mass is 194 g/mol. The van der Waals surface area contributed by atoms with E-state index in [1.54, 1.807) is 7.11 Å². The van der Waals surface area contributed by atoms with E-state index in [1.807, 2.05) is 26.2 Å². The van der Waals surface area contributed by atoms with Gasteiger partial charge >= 0.3 is 0 Å². The third-order valence-electron chi connectivity index (χ3n) is 2.07. The van der Waals surface area contributed by atoms with E-state index < -0.39 is 0 Å². The molecule has 1 rings (SSSR count). The molecule has 0 amide bonds. The van der Waals surface area contributed by atoms with Gasteiger partial charge < -0.3 is 15.4 Å². The van der Waals surface area contributed by atoms with Crippen LogP contribution in [-0.4, -0.2) is 26.1 Å². The molecule has 0 fully saturated rings. The number of methoxy groups -OCH3 is 1. The highest BCUT2D eigenvalue weighted by Crippen LogP contribution is 2.20. The third-order valence-corrected chi connectivity index (χ3v) is 2.07. The first kappa shape index (κ1) is 11.0. The molecule has 0 saturated heterocycles. The van der Waals surface area contributed by atoms with E-state index >= 15 is 0 Å². The summed E-state index contributed by atoms with van der Waals surface area (Å²) in [5.74, 6) is 0.918. The van der Waals surface area contributed by atoms with E-state index in [-0.39, 0.29) is 0 Å². The molecule has 0 unspecified atom stereocenters. The number of nitrogens with two attached hydrogens (primary N) is 1. The summed E-state index contributed by atoms with van der Waals surface area (Å²) in [5, 5.41) is 0. The maximum atomic E-state index is 5.56. The molecular formula is C11H18N2O. The van der Waals surface area contributed by atoms with Gasteiger partial charge in [-0.1, -0.05) is 12.1 Å². The van der Waals surface area contributed by atoms with Gasteiger partial charge in [-0.05, 0) is 25.7 Å². The zero-order chi connectivity index (χ0) is 10.6. The highest BCUT2D eigenvalue weighted by Gasteiger charge is 2.04. The van der Waals surface area contributed by atoms with Crippen LogP contribution in [0.25, 0.3) is 0 Å². The Morgan fingerprint density at radius 2 is 2.07 bits per heavy atom. The molecule has 1 aromatic carbocycles. The smallest absolute Gasteiger partial charge is 0.123 e. The number of hydrogen-bond acceptors (Lipinski definition) is 3. The van der Waals surface area contributed by atoms with Gasteiger partial charge in [0.25, 0.3) is 0 Å². The summed E-state index contributed by atoms with van der Waals surface area (Å²) < 4.78 is 5.31. The van der Waals surface area contributed by atoms with Gasteiger partial charge in [0, 0.05) is 18.7 Å². The summed E-state index contributed by atoms with van der Waals surface area (Å²) >= 11 is 0. The SMILES string of the molecule is COc1cc(CN)ccc1CN(C)C. The van der Waals surface area contributed by atoms with E-state index in [0.717, 1.165) is 17.9 Å². The van der Waals surface area contributed by atoms with Gasteiger partial charge in [-0.15, -0.1) is 0 Å². The van der Waals surface area contributed by atoms with E-state index in [0.29, 0.717) is 6.54 Å². The normalized spacial score (nSPS) is 10.6. The van der Waals surface area contributed by atoms with Crippen LogP contribution in [0.1, 0.15) is 11.1 Å². The lowest BCUT2D eigenvalue weighted by Crippen LogP contribution is -2.11. The van der Waals surface area contributed by atoms with Crippen molar-refractivity contribution in [3.05, 3.63) is 29.3 Å². The van der Waals surface area contributed by atoms with Gasteiger partial charge in [-0.3, -0.25) is 0 Å². The zero-order valence-corrected chi connectivity index (χ0v) is 9.08. The average molecular weight is 194 g/mol. The van der Waals surface area contributed by atoms with E-state index in [2.05, 4.69) is 11.0 Å². The molecule has 0 aliphatic rings. The Hall–Kier alpha value is -1.06. The van der Waals surface area contributed by atoms with Crippen LogP contribution in [0.4, 0.5) is 0 Å². The van der Waals surface area contributed by atoms with Crippen molar-refractivity contribution < 1.29 is 4.74 Å². The van der Waals surface area contributed by atoms with Gasteiger partial charge in [0.1, 0.15) is 5.75 Å². The van der Waals surface area contributed by atoms with Crippen LogP contribution >= 0.6 is 0 Å². The number of rotatable bonds is 4. The average Bonchev–Trinajstić information content (AvgIpc) is 2.17. The number of ether oxygens (including phenoxy) is 1. The van der Waals surface area contributed by atoms with Crippen molar-refractivity contribution in [1.82, 2.24) is 4.90 Å². The third kappa shape index (κ3) is 2.72. The zero-order valence-electron chi connectivity index (χ0n) is 9.08. The standard InChI is InChI=1S/C11H18N2O/c1-13(2)8-10-5-4-9(7-12)6-11(10)14-3/h4-6H,7-8,12H2,1-3H3. The second-order valence-electron chi connectivity index (χ2n) is 3.59. The molecule has 3 heteroatoms. The molecule has 0 spiro atoms. The van der Waals surface area contributed by atoms with Crippen molar-refractivity contribution in [1.29, 1.82) is 0 Å². The second-order valence-corrected chi connectivity index (χ2v) is 3.59. The summed E-state index contributed by atoms with van der Waals surface area (Å²) in [4.78, 5) is 2.11. The first-order valence-corrected chi connectivity index (χ1v) is 4.68. The van der Waals surface area contributed by atoms with Crippen molar-refractivity contribution in [2.45, 2.75) is 13.1 Å². The van der Waals surface area contributed by atoms with Crippen molar-refractivity contribution >= 4 is 0 Å². The molecule has 3 nitrogen and oxygen atoms in total. The number of hydrogen-bond donors (Lipinski definition) is 1. The maximum absolute atomic E-state index is 5.56. The first-order valence-electron chi connectivity index (χ1n) is 4.68. The number of nitrogens with zero attached hydrogens (tertiary/aromatic N) is 1. The van der Waals surface area contributed by atoms with Crippen molar-refractivity contribution in [2.75, 3.05) is 21.2 Å². The van der Waals surface area contributed by atoms with Crippen LogP contribution in [-0.2, 0) is 13.1 Å². The molecule has 0 saturated carbocycles. The Bertz CT molecular complexity index is 297. The molecular weight excluding hydrogens is 176 g/mol. The molecule has 14 heavy (non-hydrogen) atoms. The molecule has 0 heterocycles. The lowest BCUT2D eigenvalue weighted by molar-refractivity contribution is 0.371. The predicted octanol–water partition coefficient (Wildman–Crippen LogP) is 1.22. The first-order chi connectivity index (χ1) is 6.67. The molecule has 0 radical (unpaired) electrons. The Labute approximate surface area is 85.5 Å². The Balaban J connectivity index is 2.93. The quantitative estimate of drug-likeness (QED) is 0.783. The molecule has 0 bridgehead atoms. The van der Waals surface area contributed by atoms with Crippen LogP contribution in [0.3, 0.4) is 0 Å². The fraction of sp³-hybridized carbons (Fsp3) is 0.455. The highest BCUT2D eigenvalue weighted by atomic mass is 16.5. The fourth-order valence-corrected chi connectivity index (χ4v) is 1.39. The van der Waals surface area contributed by atoms with E-state index in [4.69, 9.17) is 10.5 Å². The molecule has 0 atom stereocenters. The molecule has 0 aromatic heterocycles. The van der Waals surface area contributed by atoms with Crippen LogP contribution in [0.15, 0.2) is 18.2 Å². The molecule has 2 N–H and O–H groups in total. The predicted molar refractivity (Wildman–Crippen MR) is 58.3 cm³/mol. The van der Waals surface area contributed by atoms with Crippen molar-refractivity contribution in [3.63, 3.8) is 0 Å². The number of benzene rings is 1. The molecule has 1 aromatic rings. The van der Waals surface area contributed by atoms with Crippen LogP contribution in [0.2, 0.25) is 0 Å². The largest absolute Gasteiger partial charge is 0.496 e. The van der Waals surface area contributed by atoms with Crippen molar-refractivity contribution in [2.24, 2.45) is 5.73 Å². The Morgan fingerprint density at radius 3 is 2.57 bits per heavy atom. The molecule has 78 valence electrons. The lowest BCUT2D eigenvalue weighted by Gasteiger charge is -2.14. The van der Waals surface area contributed by atoms with E-state index in [1.165, 1.54) is 5.56 Å². The van der Waals surface area contributed by atoms with Gasteiger partial charge in [-0.2, -0.15) is 0 Å². The fourth-order valence-electron chi connectivity index (χ4n) is 1.39. The minimum Gasteiger partial charge on any atom is -0.496 e. The van der Waals surface area contributed by atoms with Gasteiger partial charge in [0.2, 0.25) is 0 Å². The molecule has 0 aliphatic heterocycles. The van der Waals surface area contributed by atoms with Gasteiger partial charge in [-0.25, -0.2) is 0 Å². The lowest BCUT2D eigenvalue weighted by atomic mass is 10.1. The Kier molecular flexibility index (Phi) is 3.92. The van der Waals surface area contributed by atoms with Gasteiger partial charge in [0.05, 0.1) is 7.11 Å². The van der Waals surface area contributed by atoms with Crippen LogP contribution < -0.4 is 10.5 Å². The van der Waals surface area contributed by atoms with Crippen LogP contribution in [0.5, 0.6) is 5.75 Å². The topological polar surface area (TPSA) is 38.5 Å². The summed E-state index contributed by atoms with van der Waals surface area (Å²) in [6, 6.07) is 6.11. The highest BCUT2D eigenvalue weighted by molar-refractivity contribution is 5.37. The van der Waals surface area contributed by atoms with E-state index in [9.17, 15) is 0 Å². The molecule has 0 aliphatic carbocycles. The summed E-state index contributed by atoms with van der Waals surface area (Å²) in [6.07, 6.45) is 0. The van der Waals surface area contributed by atoms with Crippen molar-refractivity contribution in [3.8, 4) is 5.75 Å². The minimum atomic E-state index is 0.554. The minimum absolute atomic E-state index is 0.554. The van der Waals surface area contributed by atoms with Gasteiger partial charge in [0.15, 0.2) is 0 Å². The summed E-state index contributed by atoms with van der Waals surface area (Å²) in [5.41, 5.74) is 7.85. The van der Waals surface area contributed by atoms with Crippen LogP contribution in [0, 0.1) is 0 Å². The Morgan fingerprint density at radius 1 is 1.36 bits per heavy atom. The maximum Gasteiger partial charge on any atom is 0.123 e. The second kappa shape index (κ2) is 4.98.